The molecule has 8 nitrogen and oxygen atoms in total. The summed E-state index contributed by atoms with van der Waals surface area (Å²) < 4.78 is 0. The molecule has 0 unspecified atom stereocenters. The van der Waals surface area contributed by atoms with E-state index < -0.39 is 47.1 Å². The number of quaternary nitrogens is 1. The maximum Gasteiger partial charge on any atom is 0.291 e. The minimum atomic E-state index is -1.42. The van der Waals surface area contributed by atoms with Gasteiger partial charge in [-0.25, -0.2) is 0 Å². The highest BCUT2D eigenvalue weighted by molar-refractivity contribution is 6.31. The molecule has 0 aromatic heterocycles. The molecule has 0 aliphatic carbocycles. The summed E-state index contributed by atoms with van der Waals surface area (Å²) in [6.07, 6.45) is -0.220. The lowest BCUT2D eigenvalue weighted by Crippen LogP contribution is -2.99. The van der Waals surface area contributed by atoms with E-state index in [9.17, 15) is 24.3 Å². The number of benzene rings is 2. The van der Waals surface area contributed by atoms with Crippen molar-refractivity contribution < 1.29 is 29.6 Å². The Morgan fingerprint density at radius 2 is 1.91 bits per heavy atom. The third-order valence-electron chi connectivity index (χ3n) is 7.20. The Kier molecular flexibility index (Phi) is 5.42. The number of carbonyl (C=O) groups is 4. The van der Waals surface area contributed by atoms with Crippen LogP contribution in [0.2, 0.25) is 10.0 Å². The van der Waals surface area contributed by atoms with Crippen LogP contribution in [-0.2, 0) is 31.3 Å². The molecule has 34 heavy (non-hydrogen) atoms. The molecule has 3 amide bonds. The zero-order valence-electron chi connectivity index (χ0n) is 18.1. The highest BCUT2D eigenvalue weighted by atomic mass is 35.5. The molecule has 3 heterocycles. The molecule has 3 N–H and O–H groups in total. The first-order chi connectivity index (χ1) is 16.1. The van der Waals surface area contributed by atoms with Crippen LogP contribution in [0.15, 0.2) is 36.4 Å². The van der Waals surface area contributed by atoms with Crippen molar-refractivity contribution in [3.05, 3.63) is 63.1 Å². The number of likely N-dealkylation sites (tertiary alicyclic amines) is 1. The first-order valence-electron chi connectivity index (χ1n) is 10.9. The van der Waals surface area contributed by atoms with E-state index in [1.54, 1.807) is 48.6 Å². The van der Waals surface area contributed by atoms with Gasteiger partial charge in [-0.3, -0.25) is 19.3 Å². The van der Waals surface area contributed by atoms with Gasteiger partial charge in [0.2, 0.25) is 17.4 Å². The van der Waals surface area contributed by atoms with Crippen molar-refractivity contribution in [2.75, 3.05) is 5.32 Å². The fourth-order valence-corrected chi connectivity index (χ4v) is 6.22. The van der Waals surface area contributed by atoms with Crippen molar-refractivity contribution in [3.63, 3.8) is 0 Å². The van der Waals surface area contributed by atoms with E-state index >= 15 is 0 Å². The van der Waals surface area contributed by atoms with Gasteiger partial charge in [0.25, 0.3) is 5.91 Å². The van der Waals surface area contributed by atoms with Crippen molar-refractivity contribution in [2.45, 2.75) is 37.9 Å². The minimum absolute atomic E-state index is 0.0311. The van der Waals surface area contributed by atoms with Crippen LogP contribution in [0.4, 0.5) is 5.69 Å². The molecule has 4 atom stereocenters. The first kappa shape index (κ1) is 22.8. The van der Waals surface area contributed by atoms with Gasteiger partial charge < -0.3 is 20.5 Å². The molecule has 0 bridgehead atoms. The smallest absolute Gasteiger partial charge is 0.291 e. The van der Waals surface area contributed by atoms with Crippen LogP contribution in [-0.4, -0.2) is 34.6 Å². The Morgan fingerprint density at radius 3 is 2.62 bits per heavy atom. The fraction of sp³-hybridized carbons (Fsp3) is 0.333. The van der Waals surface area contributed by atoms with E-state index in [0.717, 1.165) is 10.5 Å². The number of aryl methyl sites for hydroxylation is 1. The first-order valence-corrected chi connectivity index (χ1v) is 11.7. The van der Waals surface area contributed by atoms with E-state index in [1.807, 2.05) is 0 Å². The number of nitrogens with two attached hydrogens (primary N) is 1. The Hall–Kier alpha value is -2.94. The maximum absolute atomic E-state index is 13.8. The second-order valence-electron chi connectivity index (χ2n) is 9.07. The van der Waals surface area contributed by atoms with Crippen LogP contribution >= 0.6 is 23.2 Å². The quantitative estimate of drug-likeness (QED) is 0.584. The van der Waals surface area contributed by atoms with Crippen LogP contribution in [0, 0.1) is 18.8 Å². The van der Waals surface area contributed by atoms with Crippen LogP contribution in [0.5, 0.6) is 0 Å². The number of carboxylic acid groups (broad SMARTS) is 1. The monoisotopic (exact) mass is 501 g/mol. The number of fused-ring (bicyclic) bond motifs is 4. The van der Waals surface area contributed by atoms with Crippen molar-refractivity contribution in [1.82, 2.24) is 4.90 Å². The van der Waals surface area contributed by atoms with Gasteiger partial charge in [-0.05, 0) is 42.7 Å². The number of anilines is 1. The van der Waals surface area contributed by atoms with Gasteiger partial charge in [0.15, 0.2) is 0 Å². The molecule has 10 heteroatoms. The number of carboxylic acids is 1. The topological polar surface area (TPSA) is 123 Å². The minimum Gasteiger partial charge on any atom is -0.550 e. The zero-order chi connectivity index (χ0) is 24.4. The molecule has 1 spiro atoms. The van der Waals surface area contributed by atoms with Gasteiger partial charge in [-0.15, -0.1) is 0 Å². The Balaban J connectivity index is 1.62. The van der Waals surface area contributed by atoms with E-state index in [0.29, 0.717) is 26.9 Å². The third-order valence-corrected chi connectivity index (χ3v) is 7.79. The predicted octanol–water partition coefficient (Wildman–Crippen LogP) is 0.726. The fourth-order valence-electron chi connectivity index (χ4n) is 5.75. The largest absolute Gasteiger partial charge is 0.550 e. The van der Waals surface area contributed by atoms with E-state index in [1.165, 1.54) is 0 Å². The Morgan fingerprint density at radius 1 is 1.18 bits per heavy atom. The number of nitrogens with one attached hydrogen (secondary N) is 1. The second-order valence-corrected chi connectivity index (χ2v) is 9.91. The van der Waals surface area contributed by atoms with Crippen LogP contribution in [0.3, 0.4) is 0 Å². The molecule has 5 rings (SSSR count). The summed E-state index contributed by atoms with van der Waals surface area (Å²) in [5.74, 6) is -4.47. The number of halogens is 2. The Bertz CT molecular complexity index is 1270. The molecule has 0 saturated carbocycles. The Labute approximate surface area is 205 Å². The van der Waals surface area contributed by atoms with Gasteiger partial charge in [0.1, 0.15) is 17.9 Å². The van der Waals surface area contributed by atoms with E-state index in [4.69, 9.17) is 23.2 Å². The number of rotatable bonds is 5. The molecule has 0 radical (unpaired) electrons. The average Bonchev–Trinajstić information content (AvgIpc) is 3.35. The molecule has 3 aliphatic rings. The lowest BCUT2D eigenvalue weighted by Gasteiger charge is -2.26. The molecule has 2 saturated heterocycles. The van der Waals surface area contributed by atoms with Crippen molar-refractivity contribution in [3.8, 4) is 0 Å². The number of amides is 3. The molecular weight excluding hydrogens is 481 g/mol. The molecule has 2 fully saturated rings. The summed E-state index contributed by atoms with van der Waals surface area (Å²) >= 11 is 12.6. The number of imide groups is 1. The summed E-state index contributed by atoms with van der Waals surface area (Å²) in [5, 5.41) is 16.6. The van der Waals surface area contributed by atoms with Crippen molar-refractivity contribution >= 4 is 52.6 Å². The van der Waals surface area contributed by atoms with Crippen LogP contribution in [0.25, 0.3) is 0 Å². The maximum atomic E-state index is 13.8. The van der Waals surface area contributed by atoms with Gasteiger partial charge in [0.05, 0.1) is 12.2 Å². The third kappa shape index (κ3) is 3.24. The highest BCUT2D eigenvalue weighted by Crippen LogP contribution is 2.51. The highest BCUT2D eigenvalue weighted by Gasteiger charge is 2.74. The standard InChI is InChI=1S/C24H21Cl2N3O5/c1-11-8-13(25)9-14-20(11)27-23(34)24(14)19-18(16(28-24)6-7-17(30)31)21(32)29(22(19)33)10-12-4-2-3-5-15(12)26/h2-5,8-9,16,18-19,28H,6-7,10H2,1H3,(H,27,34)(H,30,31)/t16-,18+,19-,24+/m0/s1. The number of nitrogens with zero attached hydrogens (tertiary/aromatic N) is 1. The number of hydrogen-bond donors (Lipinski definition) is 2. The summed E-state index contributed by atoms with van der Waals surface area (Å²) in [6, 6.07) is 9.66. The van der Waals surface area contributed by atoms with E-state index in [2.05, 4.69) is 5.32 Å². The van der Waals surface area contributed by atoms with Crippen molar-refractivity contribution in [1.29, 1.82) is 0 Å². The van der Waals surface area contributed by atoms with Gasteiger partial charge in [0, 0.05) is 28.0 Å². The van der Waals surface area contributed by atoms with Crippen LogP contribution in [0.1, 0.15) is 29.5 Å². The molecule has 2 aromatic carbocycles. The number of carbonyl (C=O) groups excluding carboxylic acids is 4. The summed E-state index contributed by atoms with van der Waals surface area (Å²) in [4.78, 5) is 53.2. The van der Waals surface area contributed by atoms with Gasteiger partial charge in [-0.2, -0.15) is 0 Å². The normalized spacial score (nSPS) is 27.3. The average molecular weight is 502 g/mol. The summed E-state index contributed by atoms with van der Waals surface area (Å²) in [6.45, 7) is 1.77. The lowest BCUT2D eigenvalue weighted by atomic mass is 9.76. The SMILES string of the molecule is Cc1cc(Cl)cc2c1NC(=O)[C@@]21[NH2+][C@@H](CCC(=O)[O-])[C@H]2C(=O)N(Cc3ccccc3Cl)C(=O)[C@H]21. The molecule has 176 valence electrons. The second kappa shape index (κ2) is 8.08. The van der Waals surface area contributed by atoms with E-state index in [-0.39, 0.29) is 19.4 Å². The van der Waals surface area contributed by atoms with Gasteiger partial charge >= 0.3 is 0 Å². The lowest BCUT2D eigenvalue weighted by molar-refractivity contribution is -0.734. The zero-order valence-corrected chi connectivity index (χ0v) is 19.7. The number of aliphatic carboxylic acids is 1. The predicted molar refractivity (Wildman–Crippen MR) is 120 cm³/mol. The molecule has 3 aliphatic heterocycles. The molecule has 2 aromatic rings. The molecular formula is C24H21Cl2N3O5. The van der Waals surface area contributed by atoms with Gasteiger partial charge in [-0.1, -0.05) is 41.4 Å². The summed E-state index contributed by atoms with van der Waals surface area (Å²) in [7, 11) is 0. The van der Waals surface area contributed by atoms with Crippen molar-refractivity contribution in [2.24, 2.45) is 11.8 Å². The van der Waals surface area contributed by atoms with Crippen LogP contribution < -0.4 is 15.7 Å². The number of hydrogen-bond acceptors (Lipinski definition) is 5. The summed E-state index contributed by atoms with van der Waals surface area (Å²) in [5.41, 5.74) is 1.02.